The van der Waals surface area contributed by atoms with Gasteiger partial charge in [0.15, 0.2) is 6.04 Å². The number of rotatable bonds is 4. The Morgan fingerprint density at radius 2 is 2.12 bits per heavy atom. The van der Waals surface area contributed by atoms with E-state index in [-0.39, 0.29) is 6.04 Å². The summed E-state index contributed by atoms with van der Waals surface area (Å²) in [5.74, 6) is 0.406. The Morgan fingerprint density at radius 3 is 2.65 bits per heavy atom. The molecule has 0 amide bonds. The molecule has 0 spiro atoms. The van der Waals surface area contributed by atoms with Gasteiger partial charge >= 0.3 is 0 Å². The maximum Gasteiger partial charge on any atom is 0.221 e. The standard InChI is InChI=1S/C12H14N2O3/c1-9(14-8-12(15)17-13-14)7-10-3-5-11(16-2)6-4-10/h3-6,8-9H,7H2,1-2H3. The summed E-state index contributed by atoms with van der Waals surface area (Å²) in [6, 6.07) is 7.89. The average Bonchev–Trinajstić information content (AvgIpc) is 2.77. The summed E-state index contributed by atoms with van der Waals surface area (Å²) in [5, 5.41) is 14.5. The van der Waals surface area contributed by atoms with Crippen molar-refractivity contribution < 1.29 is 19.0 Å². The molecule has 1 aromatic carbocycles. The predicted octanol–water partition coefficient (Wildman–Crippen LogP) is 0.848. The third-order valence-corrected chi connectivity index (χ3v) is 2.60. The highest BCUT2D eigenvalue weighted by Gasteiger charge is 2.15. The largest absolute Gasteiger partial charge is 0.539 e. The van der Waals surface area contributed by atoms with Gasteiger partial charge < -0.3 is 14.4 Å². The number of nitrogens with zero attached hydrogens (tertiary/aromatic N) is 2. The molecule has 0 N–H and O–H groups in total. The molecular weight excluding hydrogens is 220 g/mol. The molecule has 5 nitrogen and oxygen atoms in total. The van der Waals surface area contributed by atoms with Crippen LogP contribution in [0.3, 0.4) is 0 Å². The molecule has 17 heavy (non-hydrogen) atoms. The molecule has 0 saturated heterocycles. The van der Waals surface area contributed by atoms with Gasteiger partial charge in [-0.15, -0.1) is 0 Å². The van der Waals surface area contributed by atoms with Crippen LogP contribution in [0.15, 0.2) is 35.0 Å². The first kappa shape index (κ1) is 11.4. The van der Waals surface area contributed by atoms with Gasteiger partial charge in [-0.05, 0) is 17.7 Å². The molecule has 0 fully saturated rings. The Balaban J connectivity index is 2.04. The molecule has 1 heterocycles. The lowest BCUT2D eigenvalue weighted by molar-refractivity contribution is -0.782. The van der Waals surface area contributed by atoms with Crippen molar-refractivity contribution in [1.29, 1.82) is 0 Å². The first-order valence-corrected chi connectivity index (χ1v) is 5.37. The minimum atomic E-state index is -0.424. The van der Waals surface area contributed by atoms with Gasteiger partial charge in [-0.3, -0.25) is 0 Å². The van der Waals surface area contributed by atoms with Gasteiger partial charge in [0.25, 0.3) is 0 Å². The van der Waals surface area contributed by atoms with Crippen LogP contribution in [0, 0.1) is 0 Å². The lowest BCUT2D eigenvalue weighted by atomic mass is 10.1. The van der Waals surface area contributed by atoms with Gasteiger partial charge in [-0.2, -0.15) is 0 Å². The second-order valence-electron chi connectivity index (χ2n) is 3.90. The number of hydrogen-bond donors (Lipinski definition) is 0. The van der Waals surface area contributed by atoms with E-state index in [2.05, 4.69) is 9.79 Å². The highest BCUT2D eigenvalue weighted by Crippen LogP contribution is 2.14. The van der Waals surface area contributed by atoms with Gasteiger partial charge in [0, 0.05) is 13.3 Å². The van der Waals surface area contributed by atoms with Crippen molar-refractivity contribution in [3.63, 3.8) is 0 Å². The molecule has 90 valence electrons. The molecule has 1 unspecified atom stereocenters. The van der Waals surface area contributed by atoms with E-state index < -0.39 is 5.95 Å². The lowest BCUT2D eigenvalue weighted by Crippen LogP contribution is -2.40. The van der Waals surface area contributed by atoms with E-state index in [1.807, 2.05) is 31.2 Å². The van der Waals surface area contributed by atoms with Crippen LogP contribution in [0.5, 0.6) is 11.7 Å². The van der Waals surface area contributed by atoms with Crippen LogP contribution in [-0.2, 0) is 6.42 Å². The molecule has 0 radical (unpaired) electrons. The molecule has 5 heteroatoms. The van der Waals surface area contributed by atoms with E-state index >= 15 is 0 Å². The van der Waals surface area contributed by atoms with Crippen molar-refractivity contribution in [3.05, 3.63) is 36.0 Å². The molecule has 0 aliphatic rings. The Hall–Kier alpha value is -2.04. The summed E-state index contributed by atoms with van der Waals surface area (Å²) in [6.45, 7) is 1.98. The monoisotopic (exact) mass is 234 g/mol. The van der Waals surface area contributed by atoms with Gasteiger partial charge in [-0.1, -0.05) is 16.8 Å². The molecule has 0 saturated carbocycles. The molecule has 1 atom stereocenters. The third-order valence-electron chi connectivity index (χ3n) is 2.60. The highest BCUT2D eigenvalue weighted by molar-refractivity contribution is 5.27. The van der Waals surface area contributed by atoms with Crippen LogP contribution in [-0.4, -0.2) is 12.4 Å². The first-order chi connectivity index (χ1) is 8.19. The fourth-order valence-electron chi connectivity index (χ4n) is 1.65. The maximum atomic E-state index is 10.9. The van der Waals surface area contributed by atoms with Crippen molar-refractivity contribution >= 4 is 0 Å². The summed E-state index contributed by atoms with van der Waals surface area (Å²) in [6.07, 6.45) is 2.13. The lowest BCUT2D eigenvalue weighted by Gasteiger charge is -2.04. The molecular formula is C12H14N2O3. The molecule has 1 aromatic heterocycles. The van der Waals surface area contributed by atoms with Crippen LogP contribution >= 0.6 is 0 Å². The van der Waals surface area contributed by atoms with Crippen molar-refractivity contribution in [2.45, 2.75) is 19.4 Å². The predicted molar refractivity (Wildman–Crippen MR) is 57.6 cm³/mol. The van der Waals surface area contributed by atoms with E-state index in [4.69, 9.17) is 4.74 Å². The van der Waals surface area contributed by atoms with E-state index in [0.29, 0.717) is 0 Å². The normalized spacial score (nSPS) is 12.4. The average molecular weight is 234 g/mol. The van der Waals surface area contributed by atoms with Crippen LogP contribution in [0.25, 0.3) is 0 Å². The number of methoxy groups -OCH3 is 1. The Bertz CT molecular complexity index is 479. The number of benzene rings is 1. The van der Waals surface area contributed by atoms with Crippen LogP contribution in [0.1, 0.15) is 18.5 Å². The van der Waals surface area contributed by atoms with Crippen molar-refractivity contribution in [2.24, 2.45) is 0 Å². The topological polar surface area (TPSA) is 62.2 Å². The number of hydrogen-bond acceptors (Lipinski definition) is 4. The summed E-state index contributed by atoms with van der Waals surface area (Å²) in [5.41, 5.74) is 1.15. The van der Waals surface area contributed by atoms with E-state index in [1.54, 1.807) is 7.11 Å². The van der Waals surface area contributed by atoms with Crippen molar-refractivity contribution in [3.8, 4) is 11.7 Å². The fraction of sp³-hybridized carbons (Fsp3) is 0.333. The molecule has 0 bridgehead atoms. The van der Waals surface area contributed by atoms with Crippen molar-refractivity contribution in [2.75, 3.05) is 7.11 Å². The quantitative estimate of drug-likeness (QED) is 0.736. The van der Waals surface area contributed by atoms with Crippen LogP contribution < -0.4 is 14.5 Å². The first-order valence-electron chi connectivity index (χ1n) is 5.37. The van der Waals surface area contributed by atoms with Gasteiger partial charge in [0.1, 0.15) is 11.7 Å². The van der Waals surface area contributed by atoms with E-state index in [0.717, 1.165) is 17.7 Å². The summed E-state index contributed by atoms with van der Waals surface area (Å²) < 4.78 is 11.1. The summed E-state index contributed by atoms with van der Waals surface area (Å²) >= 11 is 0. The Kier molecular flexibility index (Phi) is 3.27. The number of ether oxygens (including phenoxy) is 1. The van der Waals surface area contributed by atoms with Gasteiger partial charge in [0.2, 0.25) is 6.20 Å². The smallest absolute Gasteiger partial charge is 0.221 e. The highest BCUT2D eigenvalue weighted by atomic mass is 16.6. The molecule has 0 aliphatic carbocycles. The van der Waals surface area contributed by atoms with Crippen LogP contribution in [0.2, 0.25) is 0 Å². The minimum Gasteiger partial charge on any atom is -0.539 e. The molecule has 0 aliphatic heterocycles. The second kappa shape index (κ2) is 4.86. The Labute approximate surface area is 99.2 Å². The Morgan fingerprint density at radius 1 is 1.41 bits per heavy atom. The summed E-state index contributed by atoms with van der Waals surface area (Å²) in [7, 11) is 1.64. The van der Waals surface area contributed by atoms with Crippen LogP contribution in [0.4, 0.5) is 0 Å². The molecule has 2 aromatic rings. The maximum absolute atomic E-state index is 10.9. The molecule has 2 rings (SSSR count). The zero-order valence-electron chi connectivity index (χ0n) is 9.79. The zero-order chi connectivity index (χ0) is 12.3. The van der Waals surface area contributed by atoms with Gasteiger partial charge in [0.05, 0.1) is 12.4 Å². The van der Waals surface area contributed by atoms with E-state index in [1.165, 1.54) is 10.9 Å². The minimum absolute atomic E-state index is 0.0786. The SMILES string of the molecule is COc1ccc(CC(C)[n+]2cc([O-])on2)cc1. The van der Waals surface area contributed by atoms with Gasteiger partial charge in [-0.25, -0.2) is 0 Å². The fourth-order valence-corrected chi connectivity index (χ4v) is 1.65. The zero-order valence-corrected chi connectivity index (χ0v) is 9.79. The van der Waals surface area contributed by atoms with E-state index in [9.17, 15) is 5.11 Å². The summed E-state index contributed by atoms with van der Waals surface area (Å²) in [4.78, 5) is 0. The second-order valence-corrected chi connectivity index (χ2v) is 3.90. The van der Waals surface area contributed by atoms with Crippen molar-refractivity contribution in [1.82, 2.24) is 5.27 Å². The third kappa shape index (κ3) is 2.75. The number of aromatic nitrogens is 2.